The molecule has 0 saturated heterocycles. The summed E-state index contributed by atoms with van der Waals surface area (Å²) in [6, 6.07) is 3.34. The Morgan fingerprint density at radius 2 is 2.00 bits per heavy atom. The van der Waals surface area contributed by atoms with E-state index < -0.39 is 26.3 Å². The Hall–Kier alpha value is -1.18. The van der Waals surface area contributed by atoms with Crippen LogP contribution in [0, 0.1) is 5.82 Å². The van der Waals surface area contributed by atoms with Gasteiger partial charge >= 0.3 is 0 Å². The van der Waals surface area contributed by atoms with Crippen LogP contribution in [-0.2, 0) is 10.0 Å². The van der Waals surface area contributed by atoms with Crippen LogP contribution in [0.1, 0.15) is 13.8 Å². The molecule has 0 bridgehead atoms. The Bertz CT molecular complexity index is 538. The second kappa shape index (κ2) is 4.83. The van der Waals surface area contributed by atoms with Gasteiger partial charge in [0.25, 0.3) is 0 Å². The number of halogens is 1. The van der Waals surface area contributed by atoms with Crippen molar-refractivity contribution in [2.45, 2.75) is 24.3 Å². The molecule has 0 unspecified atom stereocenters. The Balaban J connectivity index is 3.17. The quantitative estimate of drug-likeness (QED) is 0.797. The zero-order valence-electron chi connectivity index (χ0n) is 10.5. The molecule has 1 aromatic carbocycles. The third kappa shape index (κ3) is 3.41. The second-order valence-electron chi connectivity index (χ2n) is 4.76. The normalized spacial score (nSPS) is 13.0. The maximum atomic E-state index is 13.5. The van der Waals surface area contributed by atoms with E-state index in [1.807, 2.05) is 0 Å². The van der Waals surface area contributed by atoms with E-state index in [0.29, 0.717) is 0 Å². The molecule has 0 aliphatic heterocycles. The van der Waals surface area contributed by atoms with Crippen molar-refractivity contribution in [2.75, 3.05) is 19.3 Å². The van der Waals surface area contributed by atoms with Gasteiger partial charge in [0.15, 0.2) is 0 Å². The number of hydrogen-bond acceptors (Lipinski definition) is 4. The van der Waals surface area contributed by atoms with Crippen molar-refractivity contribution < 1.29 is 17.9 Å². The van der Waals surface area contributed by atoms with Crippen molar-refractivity contribution in [1.82, 2.24) is 4.31 Å². The van der Waals surface area contributed by atoms with E-state index >= 15 is 0 Å². The van der Waals surface area contributed by atoms with Gasteiger partial charge in [-0.3, -0.25) is 0 Å². The first-order valence-electron chi connectivity index (χ1n) is 5.28. The van der Waals surface area contributed by atoms with Crippen LogP contribution < -0.4 is 5.73 Å². The Kier molecular flexibility index (Phi) is 3.99. The summed E-state index contributed by atoms with van der Waals surface area (Å²) in [6.07, 6.45) is 0. The lowest BCUT2D eigenvalue weighted by atomic mass is 10.1. The first-order chi connectivity index (χ1) is 8.04. The highest BCUT2D eigenvalue weighted by molar-refractivity contribution is 7.89. The average molecular weight is 276 g/mol. The molecule has 5 nitrogen and oxygen atoms in total. The van der Waals surface area contributed by atoms with Crippen LogP contribution in [0.25, 0.3) is 0 Å². The van der Waals surface area contributed by atoms with E-state index in [9.17, 15) is 17.9 Å². The average Bonchev–Trinajstić information content (AvgIpc) is 2.19. The summed E-state index contributed by atoms with van der Waals surface area (Å²) in [7, 11) is -2.73. The van der Waals surface area contributed by atoms with Gasteiger partial charge < -0.3 is 10.8 Å². The number of aliphatic hydroxyl groups is 1. The highest BCUT2D eigenvalue weighted by Crippen LogP contribution is 2.22. The van der Waals surface area contributed by atoms with Gasteiger partial charge in [-0.05, 0) is 32.0 Å². The lowest BCUT2D eigenvalue weighted by Crippen LogP contribution is -2.39. The molecule has 0 fully saturated rings. The van der Waals surface area contributed by atoms with Gasteiger partial charge in [-0.15, -0.1) is 0 Å². The molecule has 102 valence electrons. The van der Waals surface area contributed by atoms with Crippen molar-refractivity contribution in [3.05, 3.63) is 24.0 Å². The summed E-state index contributed by atoms with van der Waals surface area (Å²) in [6.45, 7) is 2.78. The van der Waals surface area contributed by atoms with Crippen LogP contribution >= 0.6 is 0 Å². The van der Waals surface area contributed by atoms with E-state index in [1.165, 1.54) is 27.0 Å². The molecular formula is C11H17FN2O3S. The van der Waals surface area contributed by atoms with E-state index in [4.69, 9.17) is 5.73 Å². The first kappa shape index (κ1) is 14.9. The van der Waals surface area contributed by atoms with Crippen LogP contribution in [0.5, 0.6) is 0 Å². The highest BCUT2D eigenvalue weighted by atomic mass is 32.2. The molecule has 18 heavy (non-hydrogen) atoms. The Morgan fingerprint density at radius 1 is 1.44 bits per heavy atom. The minimum absolute atomic E-state index is 0.149. The van der Waals surface area contributed by atoms with Crippen LogP contribution in [0.3, 0.4) is 0 Å². The van der Waals surface area contributed by atoms with Crippen LogP contribution in [0.15, 0.2) is 23.1 Å². The summed E-state index contributed by atoms with van der Waals surface area (Å²) < 4.78 is 38.6. The van der Waals surface area contributed by atoms with Gasteiger partial charge in [-0.1, -0.05) is 0 Å². The van der Waals surface area contributed by atoms with Crippen molar-refractivity contribution in [3.8, 4) is 0 Å². The number of benzene rings is 1. The molecule has 0 heterocycles. The monoisotopic (exact) mass is 276 g/mol. The minimum Gasteiger partial charge on any atom is -0.399 e. The lowest BCUT2D eigenvalue weighted by molar-refractivity contribution is 0.0639. The van der Waals surface area contributed by atoms with Gasteiger partial charge in [0, 0.05) is 19.3 Å². The van der Waals surface area contributed by atoms with Gasteiger partial charge in [0.05, 0.1) is 5.60 Å². The standard InChI is InChI=1S/C11H17FN2O3S/c1-11(2,15)7-14(3)18(16,17)10-6-8(13)4-5-9(10)12/h4-6,15H,7,13H2,1-3H3. The molecule has 1 aromatic rings. The Labute approximate surface area is 106 Å². The smallest absolute Gasteiger partial charge is 0.245 e. The number of nitrogens with zero attached hydrogens (tertiary/aromatic N) is 1. The van der Waals surface area contributed by atoms with Crippen molar-refractivity contribution in [3.63, 3.8) is 0 Å². The number of hydrogen-bond donors (Lipinski definition) is 2. The fourth-order valence-electron chi connectivity index (χ4n) is 1.52. The van der Waals surface area contributed by atoms with Crippen molar-refractivity contribution in [1.29, 1.82) is 0 Å². The molecule has 3 N–H and O–H groups in total. The molecule has 0 saturated carbocycles. The highest BCUT2D eigenvalue weighted by Gasteiger charge is 2.28. The summed E-state index contributed by atoms with van der Waals surface area (Å²) in [5.41, 5.74) is 4.40. The number of nitrogen functional groups attached to an aromatic ring is 1. The van der Waals surface area contributed by atoms with E-state index in [2.05, 4.69) is 0 Å². The van der Waals surface area contributed by atoms with Gasteiger partial charge in [0.1, 0.15) is 10.7 Å². The van der Waals surface area contributed by atoms with Crippen LogP contribution in [0.2, 0.25) is 0 Å². The van der Waals surface area contributed by atoms with Gasteiger partial charge in [-0.2, -0.15) is 4.31 Å². The Morgan fingerprint density at radius 3 is 2.50 bits per heavy atom. The number of likely N-dealkylation sites (N-methyl/N-ethyl adjacent to an activating group) is 1. The second-order valence-corrected chi connectivity index (χ2v) is 6.78. The summed E-state index contributed by atoms with van der Waals surface area (Å²) >= 11 is 0. The van der Waals surface area contributed by atoms with Gasteiger partial charge in [-0.25, -0.2) is 12.8 Å². The molecule has 0 amide bonds. The summed E-state index contributed by atoms with van der Waals surface area (Å²) in [4.78, 5) is -0.491. The van der Waals surface area contributed by atoms with E-state index in [-0.39, 0.29) is 12.2 Å². The maximum Gasteiger partial charge on any atom is 0.245 e. The molecular weight excluding hydrogens is 259 g/mol. The van der Waals surface area contributed by atoms with Crippen molar-refractivity contribution in [2.24, 2.45) is 0 Å². The zero-order valence-corrected chi connectivity index (χ0v) is 11.3. The number of rotatable bonds is 4. The van der Waals surface area contributed by atoms with Crippen LogP contribution in [0.4, 0.5) is 10.1 Å². The minimum atomic E-state index is -4.01. The molecule has 0 aliphatic carbocycles. The molecule has 0 spiro atoms. The number of nitrogens with two attached hydrogens (primary N) is 1. The number of sulfonamides is 1. The van der Waals surface area contributed by atoms with E-state index in [1.54, 1.807) is 0 Å². The molecule has 0 aliphatic rings. The lowest BCUT2D eigenvalue weighted by Gasteiger charge is -2.25. The SMILES string of the molecule is CN(CC(C)(C)O)S(=O)(=O)c1cc(N)ccc1F. The fraction of sp³-hybridized carbons (Fsp3) is 0.455. The predicted molar refractivity (Wildman–Crippen MR) is 66.9 cm³/mol. The number of anilines is 1. The molecule has 0 atom stereocenters. The third-order valence-electron chi connectivity index (χ3n) is 2.25. The largest absolute Gasteiger partial charge is 0.399 e. The predicted octanol–water partition coefficient (Wildman–Crippen LogP) is 0.799. The molecule has 7 heteroatoms. The third-order valence-corrected chi connectivity index (χ3v) is 4.07. The van der Waals surface area contributed by atoms with Crippen molar-refractivity contribution >= 4 is 15.7 Å². The van der Waals surface area contributed by atoms with Crippen LogP contribution in [-0.4, -0.2) is 37.0 Å². The molecule has 0 radical (unpaired) electrons. The fourth-order valence-corrected chi connectivity index (χ4v) is 2.94. The van der Waals surface area contributed by atoms with Gasteiger partial charge in [0.2, 0.25) is 10.0 Å². The summed E-state index contributed by atoms with van der Waals surface area (Å²) in [5.74, 6) is -0.869. The topological polar surface area (TPSA) is 83.6 Å². The molecule has 0 aromatic heterocycles. The van der Waals surface area contributed by atoms with E-state index in [0.717, 1.165) is 16.4 Å². The zero-order chi connectivity index (χ0) is 14.1. The molecule has 1 rings (SSSR count). The maximum absolute atomic E-state index is 13.5. The summed E-state index contributed by atoms with van der Waals surface area (Å²) in [5, 5.41) is 9.60. The first-order valence-corrected chi connectivity index (χ1v) is 6.72.